The number of fused-ring (bicyclic) bond motifs is 1. The molecule has 3 aromatic carbocycles. The van der Waals surface area contributed by atoms with Gasteiger partial charge in [0.25, 0.3) is 0 Å². The highest BCUT2D eigenvalue weighted by Gasteiger charge is 2.29. The lowest BCUT2D eigenvalue weighted by Crippen LogP contribution is -2.54. The second kappa shape index (κ2) is 9.18. The van der Waals surface area contributed by atoms with Gasteiger partial charge in [-0.25, -0.2) is 8.42 Å². The number of rotatable bonds is 6. The van der Waals surface area contributed by atoms with Crippen LogP contribution in [0.4, 0.5) is 5.69 Å². The van der Waals surface area contributed by atoms with Crippen molar-refractivity contribution in [3.05, 3.63) is 66.7 Å². The number of ether oxygens (including phenoxy) is 1. The molecular formula is C24H27N3O4S. The zero-order chi connectivity index (χ0) is 22.7. The standard InChI is InChI=1S/C24H27N3O4S/c1-18(25-32(29,30)21-12-11-19-7-3-4-8-20(19)17-21)24(28)27-15-13-26(14-16-27)22-9-5-6-10-23(22)31-2/h3-12,17-18,25H,13-16H2,1-2H3/t18-/m0/s1. The Hall–Kier alpha value is -3.10. The van der Waals surface area contributed by atoms with E-state index in [1.807, 2.05) is 48.5 Å². The quantitative estimate of drug-likeness (QED) is 0.621. The zero-order valence-corrected chi connectivity index (χ0v) is 19.0. The van der Waals surface area contributed by atoms with E-state index in [2.05, 4.69) is 9.62 Å². The van der Waals surface area contributed by atoms with Crippen molar-refractivity contribution in [1.82, 2.24) is 9.62 Å². The lowest BCUT2D eigenvalue weighted by Gasteiger charge is -2.37. The number of piperazine rings is 1. The Morgan fingerprint density at radius 1 is 0.938 bits per heavy atom. The fraction of sp³-hybridized carbons (Fsp3) is 0.292. The Morgan fingerprint density at radius 3 is 2.31 bits per heavy atom. The molecule has 7 nitrogen and oxygen atoms in total. The number of methoxy groups -OCH3 is 1. The van der Waals surface area contributed by atoms with Crippen molar-refractivity contribution in [2.24, 2.45) is 0 Å². The minimum absolute atomic E-state index is 0.150. The van der Waals surface area contributed by atoms with Crippen molar-refractivity contribution in [2.45, 2.75) is 17.9 Å². The number of sulfonamides is 1. The summed E-state index contributed by atoms with van der Waals surface area (Å²) in [7, 11) is -2.18. The van der Waals surface area contributed by atoms with E-state index >= 15 is 0 Å². The van der Waals surface area contributed by atoms with Crippen LogP contribution in [-0.4, -0.2) is 58.6 Å². The molecule has 0 aromatic heterocycles. The number of benzene rings is 3. The molecule has 0 aliphatic carbocycles. The van der Waals surface area contributed by atoms with Crippen LogP contribution in [0.25, 0.3) is 10.8 Å². The Labute approximate surface area is 188 Å². The lowest BCUT2D eigenvalue weighted by atomic mass is 10.1. The summed E-state index contributed by atoms with van der Waals surface area (Å²) in [5.41, 5.74) is 0.993. The molecule has 1 aliphatic rings. The van der Waals surface area contributed by atoms with E-state index in [4.69, 9.17) is 4.74 Å². The summed E-state index contributed by atoms with van der Waals surface area (Å²) >= 11 is 0. The SMILES string of the molecule is COc1ccccc1N1CCN(C(=O)[C@H](C)NS(=O)(=O)c2ccc3ccccc3c2)CC1. The summed E-state index contributed by atoms with van der Waals surface area (Å²) in [4.78, 5) is 17.0. The van der Waals surface area contributed by atoms with Gasteiger partial charge in [-0.05, 0) is 42.0 Å². The van der Waals surface area contributed by atoms with Crippen molar-refractivity contribution in [3.8, 4) is 5.75 Å². The van der Waals surface area contributed by atoms with E-state index in [9.17, 15) is 13.2 Å². The number of anilines is 1. The third kappa shape index (κ3) is 4.56. The average molecular weight is 454 g/mol. The summed E-state index contributed by atoms with van der Waals surface area (Å²) in [6, 6.07) is 19.5. The first-order chi connectivity index (χ1) is 15.4. The van der Waals surface area contributed by atoms with Crippen molar-refractivity contribution in [3.63, 3.8) is 0 Å². The number of para-hydroxylation sites is 2. The maximum absolute atomic E-state index is 12.9. The van der Waals surface area contributed by atoms with Gasteiger partial charge in [0.05, 0.1) is 23.7 Å². The molecule has 0 bridgehead atoms. The van der Waals surface area contributed by atoms with Gasteiger partial charge in [0, 0.05) is 26.2 Å². The second-order valence-corrected chi connectivity index (χ2v) is 9.55. The molecule has 1 saturated heterocycles. The summed E-state index contributed by atoms with van der Waals surface area (Å²) in [5.74, 6) is 0.567. The van der Waals surface area contributed by atoms with Gasteiger partial charge >= 0.3 is 0 Å². The number of amides is 1. The number of carbonyl (C=O) groups excluding carboxylic acids is 1. The summed E-state index contributed by atoms with van der Waals surface area (Å²) in [5, 5.41) is 1.80. The van der Waals surface area contributed by atoms with Crippen LogP contribution in [0.1, 0.15) is 6.92 Å². The van der Waals surface area contributed by atoms with Gasteiger partial charge in [-0.1, -0.05) is 42.5 Å². The molecule has 1 aliphatic heterocycles. The normalized spacial score (nSPS) is 15.6. The molecule has 8 heteroatoms. The molecule has 0 unspecified atom stereocenters. The monoisotopic (exact) mass is 453 g/mol. The minimum atomic E-state index is -3.82. The molecular weight excluding hydrogens is 426 g/mol. The van der Waals surface area contributed by atoms with E-state index in [1.165, 1.54) is 0 Å². The molecule has 4 rings (SSSR count). The van der Waals surface area contributed by atoms with E-state index in [0.29, 0.717) is 26.2 Å². The summed E-state index contributed by atoms with van der Waals surface area (Å²) in [6.45, 7) is 3.91. The molecule has 1 amide bonds. The molecule has 0 radical (unpaired) electrons. The highest BCUT2D eigenvalue weighted by Crippen LogP contribution is 2.28. The molecule has 32 heavy (non-hydrogen) atoms. The van der Waals surface area contributed by atoms with E-state index in [-0.39, 0.29) is 10.8 Å². The van der Waals surface area contributed by atoms with Gasteiger partial charge in [-0.3, -0.25) is 4.79 Å². The average Bonchev–Trinajstić information content (AvgIpc) is 2.83. The van der Waals surface area contributed by atoms with Gasteiger partial charge in [0.15, 0.2) is 0 Å². The topological polar surface area (TPSA) is 79.0 Å². The Balaban J connectivity index is 1.40. The van der Waals surface area contributed by atoms with E-state index in [1.54, 1.807) is 37.1 Å². The smallest absolute Gasteiger partial charge is 0.241 e. The van der Waals surface area contributed by atoms with Gasteiger partial charge in [0.1, 0.15) is 5.75 Å². The highest BCUT2D eigenvalue weighted by molar-refractivity contribution is 7.89. The van der Waals surface area contributed by atoms with Crippen LogP contribution in [-0.2, 0) is 14.8 Å². The van der Waals surface area contributed by atoms with E-state index in [0.717, 1.165) is 22.2 Å². The Morgan fingerprint density at radius 2 is 1.59 bits per heavy atom. The maximum Gasteiger partial charge on any atom is 0.241 e. The van der Waals surface area contributed by atoms with Crippen LogP contribution >= 0.6 is 0 Å². The largest absolute Gasteiger partial charge is 0.495 e. The third-order valence-corrected chi connectivity index (χ3v) is 7.29. The Bertz CT molecular complexity index is 1220. The molecule has 168 valence electrons. The molecule has 3 aromatic rings. The number of hydrogen-bond donors (Lipinski definition) is 1. The van der Waals surface area contributed by atoms with E-state index < -0.39 is 16.1 Å². The molecule has 0 spiro atoms. The first-order valence-corrected chi connectivity index (χ1v) is 12.1. The van der Waals surface area contributed by atoms with Crippen molar-refractivity contribution in [2.75, 3.05) is 38.2 Å². The summed E-state index contributed by atoms with van der Waals surface area (Å²) in [6.07, 6.45) is 0. The van der Waals surface area contributed by atoms with Crippen LogP contribution in [0.5, 0.6) is 5.75 Å². The van der Waals surface area contributed by atoms with Crippen LogP contribution in [0.2, 0.25) is 0 Å². The third-order valence-electron chi connectivity index (χ3n) is 5.75. The first kappa shape index (κ1) is 22.1. The fourth-order valence-corrected chi connectivity index (χ4v) is 5.25. The number of nitrogens with zero attached hydrogens (tertiary/aromatic N) is 2. The minimum Gasteiger partial charge on any atom is -0.495 e. The highest BCUT2D eigenvalue weighted by atomic mass is 32.2. The van der Waals surface area contributed by atoms with Gasteiger partial charge < -0.3 is 14.5 Å². The zero-order valence-electron chi connectivity index (χ0n) is 18.2. The lowest BCUT2D eigenvalue weighted by molar-refractivity contribution is -0.132. The predicted octanol–water partition coefficient (Wildman–Crippen LogP) is 2.86. The van der Waals surface area contributed by atoms with Crippen molar-refractivity contribution in [1.29, 1.82) is 0 Å². The molecule has 0 saturated carbocycles. The predicted molar refractivity (Wildman–Crippen MR) is 126 cm³/mol. The van der Waals surface area contributed by atoms with Crippen molar-refractivity contribution < 1.29 is 17.9 Å². The van der Waals surface area contributed by atoms with Crippen LogP contribution in [0.15, 0.2) is 71.6 Å². The summed E-state index contributed by atoms with van der Waals surface area (Å²) < 4.78 is 33.7. The Kier molecular flexibility index (Phi) is 6.34. The van der Waals surface area contributed by atoms with Crippen LogP contribution < -0.4 is 14.4 Å². The molecule has 1 fully saturated rings. The van der Waals surface area contributed by atoms with Crippen LogP contribution in [0, 0.1) is 0 Å². The number of nitrogens with one attached hydrogen (secondary N) is 1. The van der Waals surface area contributed by atoms with Crippen LogP contribution in [0.3, 0.4) is 0 Å². The maximum atomic E-state index is 12.9. The van der Waals surface area contributed by atoms with Gasteiger partial charge in [0.2, 0.25) is 15.9 Å². The fourth-order valence-electron chi connectivity index (χ4n) is 4.02. The first-order valence-electron chi connectivity index (χ1n) is 10.6. The molecule has 1 N–H and O–H groups in total. The second-order valence-electron chi connectivity index (χ2n) is 7.84. The number of carbonyl (C=O) groups is 1. The molecule has 1 atom stereocenters. The number of hydrogen-bond acceptors (Lipinski definition) is 5. The van der Waals surface area contributed by atoms with Gasteiger partial charge in [-0.2, -0.15) is 4.72 Å². The molecule has 1 heterocycles. The van der Waals surface area contributed by atoms with Gasteiger partial charge in [-0.15, -0.1) is 0 Å². The van der Waals surface area contributed by atoms with Crippen molar-refractivity contribution >= 4 is 32.4 Å².